The van der Waals surface area contributed by atoms with Gasteiger partial charge in [0.15, 0.2) is 0 Å². The highest BCUT2D eigenvalue weighted by molar-refractivity contribution is 7.16. The van der Waals surface area contributed by atoms with Crippen LogP contribution in [-0.4, -0.2) is 28.5 Å². The molecule has 0 aliphatic carbocycles. The zero-order valence-electron chi connectivity index (χ0n) is 15.1. The first-order valence-electron chi connectivity index (χ1n) is 9.29. The van der Waals surface area contributed by atoms with Crippen molar-refractivity contribution >= 4 is 38.8 Å². The van der Waals surface area contributed by atoms with Crippen LogP contribution < -0.4 is 15.8 Å². The van der Waals surface area contributed by atoms with Crippen LogP contribution in [0.4, 0.5) is 11.4 Å². The van der Waals surface area contributed by atoms with Gasteiger partial charge in [0, 0.05) is 13.1 Å². The summed E-state index contributed by atoms with van der Waals surface area (Å²) in [5, 5.41) is 5.37. The maximum atomic E-state index is 12.6. The van der Waals surface area contributed by atoms with E-state index in [2.05, 4.69) is 15.2 Å². The molecule has 1 N–H and O–H groups in total. The zero-order chi connectivity index (χ0) is 18.6. The number of rotatable bonds is 4. The Hall–Kier alpha value is -2.67. The fraction of sp³-hybridized carbons (Fsp3) is 0.350. The van der Waals surface area contributed by atoms with Gasteiger partial charge in [0.2, 0.25) is 5.91 Å². The number of carbonyl (C=O) groups excluding carboxylic acids is 1. The van der Waals surface area contributed by atoms with Gasteiger partial charge in [-0.25, -0.2) is 4.98 Å². The Morgan fingerprint density at radius 1 is 1.11 bits per heavy atom. The van der Waals surface area contributed by atoms with Gasteiger partial charge in [-0.3, -0.25) is 14.2 Å². The maximum absolute atomic E-state index is 12.6. The van der Waals surface area contributed by atoms with Crippen molar-refractivity contribution in [2.45, 2.75) is 32.2 Å². The molecule has 4 rings (SSSR count). The highest BCUT2D eigenvalue weighted by atomic mass is 32.1. The van der Waals surface area contributed by atoms with Gasteiger partial charge in [-0.15, -0.1) is 11.3 Å². The molecule has 1 aromatic carbocycles. The molecule has 0 bridgehead atoms. The number of nitrogens with one attached hydrogen (secondary N) is 1. The van der Waals surface area contributed by atoms with E-state index in [1.807, 2.05) is 29.6 Å². The lowest BCUT2D eigenvalue weighted by Crippen LogP contribution is -2.29. The van der Waals surface area contributed by atoms with Crippen molar-refractivity contribution in [3.63, 3.8) is 0 Å². The second-order valence-corrected chi connectivity index (χ2v) is 7.68. The lowest BCUT2D eigenvalue weighted by Gasteiger charge is -2.25. The van der Waals surface area contributed by atoms with Gasteiger partial charge in [-0.2, -0.15) is 0 Å². The number of nitrogens with zero attached hydrogens (tertiary/aromatic N) is 3. The van der Waals surface area contributed by atoms with Gasteiger partial charge in [-0.05, 0) is 36.4 Å². The molecule has 1 aliphatic heterocycles. The SMILES string of the molecule is O=C(Cn1cnc2sccc2c1=O)Nc1ccccc1N1CCCCCC1. The van der Waals surface area contributed by atoms with E-state index in [1.54, 1.807) is 6.07 Å². The molecular weight excluding hydrogens is 360 g/mol. The Morgan fingerprint density at radius 3 is 2.70 bits per heavy atom. The highest BCUT2D eigenvalue weighted by Crippen LogP contribution is 2.28. The molecule has 1 aliphatic rings. The van der Waals surface area contributed by atoms with Crippen molar-refractivity contribution in [3.8, 4) is 0 Å². The summed E-state index contributed by atoms with van der Waals surface area (Å²) in [5.74, 6) is -0.226. The molecular formula is C20H22N4O2S. The van der Waals surface area contributed by atoms with Gasteiger partial charge >= 0.3 is 0 Å². The summed E-state index contributed by atoms with van der Waals surface area (Å²) in [6.07, 6.45) is 6.30. The number of hydrogen-bond donors (Lipinski definition) is 1. The van der Waals surface area contributed by atoms with E-state index >= 15 is 0 Å². The minimum absolute atomic E-state index is 0.0496. The van der Waals surface area contributed by atoms with Gasteiger partial charge in [-0.1, -0.05) is 25.0 Å². The molecule has 0 unspecified atom stereocenters. The van der Waals surface area contributed by atoms with Crippen molar-refractivity contribution in [1.82, 2.24) is 9.55 Å². The molecule has 0 radical (unpaired) electrons. The number of aromatic nitrogens is 2. The minimum Gasteiger partial charge on any atom is -0.370 e. The van der Waals surface area contributed by atoms with Crippen LogP contribution in [0.25, 0.3) is 10.2 Å². The molecule has 0 spiro atoms. The third-order valence-corrected chi connectivity index (χ3v) is 5.71. The first kappa shape index (κ1) is 17.7. The fourth-order valence-corrected chi connectivity index (χ4v) is 4.24. The lowest BCUT2D eigenvalue weighted by molar-refractivity contribution is -0.116. The van der Waals surface area contributed by atoms with Crippen LogP contribution >= 0.6 is 11.3 Å². The second-order valence-electron chi connectivity index (χ2n) is 6.78. The topological polar surface area (TPSA) is 67.2 Å². The summed E-state index contributed by atoms with van der Waals surface area (Å²) in [7, 11) is 0. The monoisotopic (exact) mass is 382 g/mol. The van der Waals surface area contributed by atoms with E-state index in [4.69, 9.17) is 0 Å². The number of amides is 1. The summed E-state index contributed by atoms with van der Waals surface area (Å²) in [6.45, 7) is 1.96. The van der Waals surface area contributed by atoms with Crippen LogP contribution in [0, 0.1) is 0 Å². The Kier molecular flexibility index (Phi) is 5.20. The second kappa shape index (κ2) is 7.92. The average molecular weight is 382 g/mol. The number of thiophene rings is 1. The van der Waals surface area contributed by atoms with Crippen molar-refractivity contribution in [2.24, 2.45) is 0 Å². The molecule has 1 saturated heterocycles. The molecule has 2 aromatic heterocycles. The van der Waals surface area contributed by atoms with Gasteiger partial charge < -0.3 is 10.2 Å². The van der Waals surface area contributed by atoms with E-state index in [0.29, 0.717) is 10.2 Å². The van der Waals surface area contributed by atoms with Crippen LogP contribution in [0.15, 0.2) is 46.8 Å². The number of fused-ring (bicyclic) bond motifs is 1. The first-order chi connectivity index (χ1) is 13.2. The predicted molar refractivity (Wildman–Crippen MR) is 110 cm³/mol. The molecule has 0 atom stereocenters. The average Bonchev–Trinajstić information content (AvgIpc) is 2.99. The Balaban J connectivity index is 1.52. The number of para-hydroxylation sites is 2. The Morgan fingerprint density at radius 2 is 1.89 bits per heavy atom. The van der Waals surface area contributed by atoms with E-state index in [0.717, 1.165) is 24.5 Å². The van der Waals surface area contributed by atoms with Crippen molar-refractivity contribution < 1.29 is 4.79 Å². The molecule has 1 amide bonds. The van der Waals surface area contributed by atoms with Crippen LogP contribution in [0.5, 0.6) is 0 Å². The third-order valence-electron chi connectivity index (χ3n) is 4.89. The molecule has 1 fully saturated rings. The summed E-state index contributed by atoms with van der Waals surface area (Å²) in [5.41, 5.74) is 1.66. The van der Waals surface area contributed by atoms with E-state index < -0.39 is 0 Å². The number of carbonyl (C=O) groups is 1. The Labute approximate surface area is 161 Å². The van der Waals surface area contributed by atoms with E-state index in [9.17, 15) is 9.59 Å². The lowest BCUT2D eigenvalue weighted by atomic mass is 10.2. The molecule has 3 aromatic rings. The maximum Gasteiger partial charge on any atom is 0.262 e. The number of hydrogen-bond acceptors (Lipinski definition) is 5. The van der Waals surface area contributed by atoms with Crippen molar-refractivity contribution in [3.05, 3.63) is 52.4 Å². The van der Waals surface area contributed by atoms with Crippen LogP contribution in [-0.2, 0) is 11.3 Å². The third kappa shape index (κ3) is 3.88. The molecule has 3 heterocycles. The summed E-state index contributed by atoms with van der Waals surface area (Å²) in [6, 6.07) is 9.63. The van der Waals surface area contributed by atoms with Gasteiger partial charge in [0.25, 0.3) is 5.56 Å². The number of benzene rings is 1. The zero-order valence-corrected chi connectivity index (χ0v) is 15.9. The van der Waals surface area contributed by atoms with Crippen LogP contribution in [0.1, 0.15) is 25.7 Å². The quantitative estimate of drug-likeness (QED) is 0.750. The highest BCUT2D eigenvalue weighted by Gasteiger charge is 2.15. The molecule has 140 valence electrons. The molecule has 7 heteroatoms. The van der Waals surface area contributed by atoms with Crippen LogP contribution in [0.3, 0.4) is 0 Å². The molecule has 0 saturated carbocycles. The summed E-state index contributed by atoms with van der Waals surface area (Å²) in [4.78, 5) is 32.4. The summed E-state index contributed by atoms with van der Waals surface area (Å²) < 4.78 is 1.36. The predicted octanol–water partition coefficient (Wildman–Crippen LogP) is 3.48. The summed E-state index contributed by atoms with van der Waals surface area (Å²) >= 11 is 1.42. The van der Waals surface area contributed by atoms with Crippen molar-refractivity contribution in [2.75, 3.05) is 23.3 Å². The van der Waals surface area contributed by atoms with Crippen LogP contribution in [0.2, 0.25) is 0 Å². The minimum atomic E-state index is -0.226. The normalized spacial score (nSPS) is 14.9. The largest absolute Gasteiger partial charge is 0.370 e. The molecule has 27 heavy (non-hydrogen) atoms. The Bertz CT molecular complexity index is 1000. The fourth-order valence-electron chi connectivity index (χ4n) is 3.52. The van der Waals surface area contributed by atoms with Gasteiger partial charge in [0.1, 0.15) is 11.4 Å². The standard InChI is InChI=1S/C20H22N4O2S/c25-18(13-24-14-21-19-15(20(24)26)9-12-27-19)22-16-7-3-4-8-17(16)23-10-5-1-2-6-11-23/h3-4,7-9,12,14H,1-2,5-6,10-11,13H2,(H,22,25). The van der Waals surface area contributed by atoms with Crippen molar-refractivity contribution in [1.29, 1.82) is 0 Å². The molecule has 6 nitrogen and oxygen atoms in total. The number of anilines is 2. The first-order valence-corrected chi connectivity index (χ1v) is 10.2. The van der Waals surface area contributed by atoms with Gasteiger partial charge in [0.05, 0.1) is 23.1 Å². The smallest absolute Gasteiger partial charge is 0.262 e. The van der Waals surface area contributed by atoms with E-state index in [1.165, 1.54) is 47.9 Å². The van der Waals surface area contributed by atoms with E-state index in [-0.39, 0.29) is 18.0 Å².